The van der Waals surface area contributed by atoms with Crippen LogP contribution < -0.4 is 5.32 Å². The van der Waals surface area contributed by atoms with Crippen LogP contribution in [0, 0.1) is 0 Å². The highest BCUT2D eigenvalue weighted by Gasteiger charge is 2.13. The lowest BCUT2D eigenvalue weighted by molar-refractivity contribution is -0.119. The summed E-state index contributed by atoms with van der Waals surface area (Å²) in [6.07, 6.45) is 4.61. The van der Waals surface area contributed by atoms with E-state index >= 15 is 0 Å². The van der Waals surface area contributed by atoms with Crippen LogP contribution in [0.25, 0.3) is 11.4 Å². The highest BCUT2D eigenvalue weighted by atomic mass is 32.2. The van der Waals surface area contributed by atoms with Crippen molar-refractivity contribution in [2.45, 2.75) is 50.7 Å². The number of carbonyl (C=O) groups is 1. The van der Waals surface area contributed by atoms with Crippen LogP contribution in [0.1, 0.15) is 39.5 Å². The molecule has 0 saturated carbocycles. The zero-order valence-corrected chi connectivity index (χ0v) is 15.5. The predicted octanol–water partition coefficient (Wildman–Crippen LogP) is 3.66. The average Bonchev–Trinajstić information content (AvgIpc) is 2.95. The maximum Gasteiger partial charge on any atom is 0.230 e. The van der Waals surface area contributed by atoms with E-state index in [1.54, 1.807) is 0 Å². The zero-order valence-electron chi connectivity index (χ0n) is 14.7. The average molecular weight is 346 g/mol. The van der Waals surface area contributed by atoms with Gasteiger partial charge in [0.05, 0.1) is 5.75 Å². The number of nitrogens with one attached hydrogen (secondary N) is 1. The van der Waals surface area contributed by atoms with Gasteiger partial charge in [-0.25, -0.2) is 0 Å². The molecule has 0 bridgehead atoms. The maximum absolute atomic E-state index is 12.1. The number of hydrogen-bond donors (Lipinski definition) is 1. The smallest absolute Gasteiger partial charge is 0.230 e. The van der Waals surface area contributed by atoms with Crippen molar-refractivity contribution in [2.24, 2.45) is 7.05 Å². The van der Waals surface area contributed by atoms with Gasteiger partial charge in [-0.1, -0.05) is 68.3 Å². The molecule has 6 heteroatoms. The van der Waals surface area contributed by atoms with E-state index in [0.717, 1.165) is 29.4 Å². The Morgan fingerprint density at radius 1 is 1.25 bits per heavy atom. The second-order valence-electron chi connectivity index (χ2n) is 5.98. The van der Waals surface area contributed by atoms with Crippen LogP contribution >= 0.6 is 11.8 Å². The number of thioether (sulfide) groups is 1. The molecular weight excluding hydrogens is 320 g/mol. The number of carbonyl (C=O) groups excluding carboxylic acids is 1. The number of unbranched alkanes of at least 4 members (excludes halogenated alkanes) is 2. The Hall–Kier alpha value is -1.82. The molecule has 0 spiro atoms. The molecule has 5 nitrogen and oxygen atoms in total. The Morgan fingerprint density at radius 2 is 2.00 bits per heavy atom. The molecule has 1 heterocycles. The number of hydrogen-bond acceptors (Lipinski definition) is 4. The van der Waals surface area contributed by atoms with Crippen LogP contribution in [0.2, 0.25) is 0 Å². The summed E-state index contributed by atoms with van der Waals surface area (Å²) >= 11 is 1.42. The summed E-state index contributed by atoms with van der Waals surface area (Å²) in [6.45, 7) is 4.25. The Bertz CT molecular complexity index is 642. The predicted molar refractivity (Wildman–Crippen MR) is 98.9 cm³/mol. The van der Waals surface area contributed by atoms with Gasteiger partial charge in [-0.3, -0.25) is 4.79 Å². The van der Waals surface area contributed by atoms with Crippen molar-refractivity contribution in [3.8, 4) is 11.4 Å². The van der Waals surface area contributed by atoms with E-state index in [-0.39, 0.29) is 11.9 Å². The SMILES string of the molecule is CCCCCC(C)NC(=O)CSc1nnc(-c2ccccc2)n1C. The first-order valence-electron chi connectivity index (χ1n) is 8.48. The van der Waals surface area contributed by atoms with E-state index in [0.29, 0.717) is 5.75 Å². The Morgan fingerprint density at radius 3 is 2.71 bits per heavy atom. The number of rotatable bonds is 9. The van der Waals surface area contributed by atoms with Gasteiger partial charge in [0.1, 0.15) is 0 Å². The Kier molecular flexibility index (Phi) is 7.31. The van der Waals surface area contributed by atoms with E-state index in [2.05, 4.69) is 29.4 Å². The summed E-state index contributed by atoms with van der Waals surface area (Å²) in [7, 11) is 1.93. The lowest BCUT2D eigenvalue weighted by Crippen LogP contribution is -2.33. The van der Waals surface area contributed by atoms with Gasteiger partial charge in [0.2, 0.25) is 5.91 Å². The van der Waals surface area contributed by atoms with E-state index in [1.165, 1.54) is 24.6 Å². The molecule has 2 rings (SSSR count). The van der Waals surface area contributed by atoms with Gasteiger partial charge in [0, 0.05) is 18.7 Å². The molecule has 0 aliphatic rings. The first-order valence-corrected chi connectivity index (χ1v) is 9.47. The van der Waals surface area contributed by atoms with Gasteiger partial charge >= 0.3 is 0 Å². The second kappa shape index (κ2) is 9.47. The van der Waals surface area contributed by atoms with Crippen LogP contribution in [-0.4, -0.2) is 32.5 Å². The number of aromatic nitrogens is 3. The maximum atomic E-state index is 12.1. The van der Waals surface area contributed by atoms with E-state index in [4.69, 9.17) is 0 Å². The highest BCUT2D eigenvalue weighted by molar-refractivity contribution is 7.99. The van der Waals surface area contributed by atoms with Crippen LogP contribution in [0.15, 0.2) is 35.5 Å². The zero-order chi connectivity index (χ0) is 17.4. The molecule has 1 unspecified atom stereocenters. The molecule has 0 radical (unpaired) electrons. The molecular formula is C18H26N4OS. The number of benzene rings is 1. The van der Waals surface area contributed by atoms with Crippen molar-refractivity contribution >= 4 is 17.7 Å². The molecule has 1 aromatic heterocycles. The molecule has 0 aliphatic heterocycles. The minimum absolute atomic E-state index is 0.0493. The van der Waals surface area contributed by atoms with E-state index in [1.807, 2.05) is 41.9 Å². The summed E-state index contributed by atoms with van der Waals surface area (Å²) in [6, 6.07) is 10.2. The lowest BCUT2D eigenvalue weighted by Gasteiger charge is -2.13. The minimum Gasteiger partial charge on any atom is -0.353 e. The summed E-state index contributed by atoms with van der Waals surface area (Å²) in [5, 5.41) is 12.2. The fraction of sp³-hybridized carbons (Fsp3) is 0.500. The van der Waals surface area contributed by atoms with Gasteiger partial charge < -0.3 is 9.88 Å². The molecule has 2 aromatic rings. The van der Waals surface area contributed by atoms with Gasteiger partial charge in [-0.2, -0.15) is 0 Å². The molecule has 1 N–H and O–H groups in total. The van der Waals surface area contributed by atoms with Crippen molar-refractivity contribution in [1.29, 1.82) is 0 Å². The van der Waals surface area contributed by atoms with Gasteiger partial charge in [0.25, 0.3) is 0 Å². The molecule has 1 amide bonds. The van der Waals surface area contributed by atoms with Gasteiger partial charge in [-0.15, -0.1) is 10.2 Å². The van der Waals surface area contributed by atoms with Crippen LogP contribution in [0.4, 0.5) is 0 Å². The van der Waals surface area contributed by atoms with Crippen molar-refractivity contribution in [3.63, 3.8) is 0 Å². The molecule has 1 aromatic carbocycles. The lowest BCUT2D eigenvalue weighted by atomic mass is 10.1. The molecule has 0 aliphatic carbocycles. The van der Waals surface area contributed by atoms with Gasteiger partial charge in [0.15, 0.2) is 11.0 Å². The molecule has 24 heavy (non-hydrogen) atoms. The van der Waals surface area contributed by atoms with Crippen molar-refractivity contribution in [1.82, 2.24) is 20.1 Å². The number of nitrogens with zero attached hydrogens (tertiary/aromatic N) is 3. The van der Waals surface area contributed by atoms with Crippen LogP contribution in [0.3, 0.4) is 0 Å². The highest BCUT2D eigenvalue weighted by Crippen LogP contribution is 2.22. The topological polar surface area (TPSA) is 59.8 Å². The third-order valence-electron chi connectivity index (χ3n) is 3.85. The second-order valence-corrected chi connectivity index (χ2v) is 6.93. The fourth-order valence-corrected chi connectivity index (χ4v) is 3.22. The standard InChI is InChI=1S/C18H26N4OS/c1-4-5-7-10-14(2)19-16(23)13-24-18-21-20-17(22(18)3)15-11-8-6-9-12-15/h6,8-9,11-12,14H,4-5,7,10,13H2,1-3H3,(H,19,23). The minimum atomic E-state index is 0.0493. The molecule has 0 saturated heterocycles. The normalized spacial score (nSPS) is 12.1. The summed E-state index contributed by atoms with van der Waals surface area (Å²) in [4.78, 5) is 12.1. The van der Waals surface area contributed by atoms with Gasteiger partial charge in [-0.05, 0) is 13.3 Å². The number of amides is 1. The molecule has 130 valence electrons. The van der Waals surface area contributed by atoms with Crippen molar-refractivity contribution in [3.05, 3.63) is 30.3 Å². The summed E-state index contributed by atoms with van der Waals surface area (Å²) < 4.78 is 1.93. The Balaban J connectivity index is 1.84. The summed E-state index contributed by atoms with van der Waals surface area (Å²) in [5.41, 5.74) is 1.02. The van der Waals surface area contributed by atoms with Crippen LogP contribution in [-0.2, 0) is 11.8 Å². The van der Waals surface area contributed by atoms with Crippen molar-refractivity contribution in [2.75, 3.05) is 5.75 Å². The van der Waals surface area contributed by atoms with E-state index in [9.17, 15) is 4.79 Å². The van der Waals surface area contributed by atoms with Crippen molar-refractivity contribution < 1.29 is 4.79 Å². The van der Waals surface area contributed by atoms with E-state index < -0.39 is 0 Å². The van der Waals surface area contributed by atoms with Crippen LogP contribution in [0.5, 0.6) is 0 Å². The monoisotopic (exact) mass is 346 g/mol. The first-order chi connectivity index (χ1) is 11.6. The summed E-state index contributed by atoms with van der Waals surface area (Å²) in [5.74, 6) is 1.22. The Labute approximate surface area is 148 Å². The fourth-order valence-electron chi connectivity index (χ4n) is 2.50. The molecule has 1 atom stereocenters. The molecule has 0 fully saturated rings. The first kappa shape index (κ1) is 18.5. The quantitative estimate of drug-likeness (QED) is 0.556. The third kappa shape index (κ3) is 5.37. The largest absolute Gasteiger partial charge is 0.353 e. The third-order valence-corrected chi connectivity index (χ3v) is 4.87.